The van der Waals surface area contributed by atoms with Gasteiger partial charge in [0.15, 0.2) is 5.78 Å². The molecule has 0 aromatic heterocycles. The summed E-state index contributed by atoms with van der Waals surface area (Å²) >= 11 is 3.34. The molecule has 4 atom stereocenters. The zero-order chi connectivity index (χ0) is 18.1. The zero-order valence-corrected chi connectivity index (χ0v) is 15.2. The quantitative estimate of drug-likeness (QED) is 0.616. The summed E-state index contributed by atoms with van der Waals surface area (Å²) < 4.78 is 10.3. The molecule has 130 valence electrons. The molecule has 1 aromatic carbocycles. The Morgan fingerprint density at radius 1 is 1.25 bits per heavy atom. The van der Waals surface area contributed by atoms with E-state index in [0.717, 1.165) is 4.47 Å². The second kappa shape index (κ2) is 7.03. The molecule has 1 N–H and O–H groups in total. The fourth-order valence-corrected chi connectivity index (χ4v) is 3.80. The van der Waals surface area contributed by atoms with Gasteiger partial charge in [-0.25, -0.2) is 0 Å². The van der Waals surface area contributed by atoms with E-state index in [2.05, 4.69) is 15.9 Å². The van der Waals surface area contributed by atoms with Gasteiger partial charge in [0.25, 0.3) is 0 Å². The normalized spacial score (nSPS) is 29.9. The van der Waals surface area contributed by atoms with Crippen molar-refractivity contribution in [1.29, 1.82) is 0 Å². The third-order valence-electron chi connectivity index (χ3n) is 4.41. The molecule has 1 aliphatic carbocycles. The van der Waals surface area contributed by atoms with Gasteiger partial charge in [0.2, 0.25) is 0 Å². The van der Waals surface area contributed by atoms with Gasteiger partial charge in [-0.3, -0.25) is 14.4 Å². The average Bonchev–Trinajstić information content (AvgIpc) is 2.52. The molecule has 6 nitrogen and oxygen atoms in total. The Morgan fingerprint density at radius 3 is 2.42 bits per heavy atom. The predicted octanol–water partition coefficient (Wildman–Crippen LogP) is 1.83. The summed E-state index contributed by atoms with van der Waals surface area (Å²) in [4.78, 5) is 37.1. The predicted molar refractivity (Wildman–Crippen MR) is 88.1 cm³/mol. The van der Waals surface area contributed by atoms with Crippen LogP contribution in [0.25, 0.3) is 0 Å². The number of methoxy groups -OCH3 is 2. The van der Waals surface area contributed by atoms with Crippen LogP contribution in [0.5, 0.6) is 0 Å². The summed E-state index contributed by atoms with van der Waals surface area (Å²) in [6, 6.07) is 6.93. The van der Waals surface area contributed by atoms with E-state index in [1.165, 1.54) is 21.1 Å². The van der Waals surface area contributed by atoms with Crippen LogP contribution in [0.2, 0.25) is 0 Å². The minimum atomic E-state index is -1.62. The van der Waals surface area contributed by atoms with Crippen LogP contribution >= 0.6 is 15.9 Å². The first-order chi connectivity index (χ1) is 11.2. The van der Waals surface area contributed by atoms with Crippen molar-refractivity contribution in [3.05, 3.63) is 34.3 Å². The van der Waals surface area contributed by atoms with Crippen molar-refractivity contribution in [2.45, 2.75) is 24.9 Å². The van der Waals surface area contributed by atoms with Crippen molar-refractivity contribution in [3.8, 4) is 0 Å². The molecule has 1 fully saturated rings. The number of rotatable bonds is 3. The highest BCUT2D eigenvalue weighted by Gasteiger charge is 2.56. The maximum atomic E-state index is 12.5. The number of Topliss-reactive ketones (excluding diaryl/α,β-unsaturated/α-hetero) is 1. The van der Waals surface area contributed by atoms with E-state index in [9.17, 15) is 19.5 Å². The van der Waals surface area contributed by atoms with E-state index >= 15 is 0 Å². The summed E-state index contributed by atoms with van der Waals surface area (Å²) in [7, 11) is 2.40. The Balaban J connectivity index is 2.65. The molecule has 0 saturated heterocycles. The molecule has 0 amide bonds. The molecule has 0 radical (unpaired) electrons. The molecule has 0 spiro atoms. The molecule has 1 aliphatic rings. The molecule has 0 heterocycles. The number of esters is 2. The zero-order valence-electron chi connectivity index (χ0n) is 13.6. The van der Waals surface area contributed by atoms with Gasteiger partial charge < -0.3 is 14.6 Å². The fourth-order valence-electron chi connectivity index (χ4n) is 3.38. The Morgan fingerprint density at radius 2 is 1.88 bits per heavy atom. The van der Waals surface area contributed by atoms with Crippen molar-refractivity contribution < 1.29 is 29.0 Å². The van der Waals surface area contributed by atoms with E-state index in [0.29, 0.717) is 5.56 Å². The van der Waals surface area contributed by atoms with E-state index in [-0.39, 0.29) is 6.42 Å². The van der Waals surface area contributed by atoms with Gasteiger partial charge >= 0.3 is 11.9 Å². The van der Waals surface area contributed by atoms with Gasteiger partial charge in [-0.1, -0.05) is 28.1 Å². The second-order valence-electron chi connectivity index (χ2n) is 6.08. The second-order valence-corrected chi connectivity index (χ2v) is 7.00. The number of hydrogen-bond acceptors (Lipinski definition) is 6. The maximum Gasteiger partial charge on any atom is 0.316 e. The summed E-state index contributed by atoms with van der Waals surface area (Å²) in [5, 5.41) is 10.7. The summed E-state index contributed by atoms with van der Waals surface area (Å²) in [5.74, 6) is -4.98. The molecular formula is C17H19BrO6. The highest BCUT2D eigenvalue weighted by Crippen LogP contribution is 2.46. The van der Waals surface area contributed by atoms with Gasteiger partial charge in [0, 0.05) is 16.8 Å². The number of ketones is 1. The molecule has 0 unspecified atom stereocenters. The lowest BCUT2D eigenvalue weighted by molar-refractivity contribution is -0.170. The third-order valence-corrected chi connectivity index (χ3v) is 4.90. The lowest BCUT2D eigenvalue weighted by Crippen LogP contribution is -2.55. The van der Waals surface area contributed by atoms with Crippen LogP contribution in [-0.4, -0.2) is 42.6 Å². The number of ether oxygens (including phenoxy) is 2. The Kier molecular flexibility index (Phi) is 5.45. The number of hydrogen-bond donors (Lipinski definition) is 1. The molecule has 0 bridgehead atoms. The molecule has 2 rings (SSSR count). The van der Waals surface area contributed by atoms with Crippen LogP contribution in [0.4, 0.5) is 0 Å². The Bertz CT molecular complexity index is 669. The molecule has 7 heteroatoms. The minimum absolute atomic E-state index is 0.322. The monoisotopic (exact) mass is 398 g/mol. The SMILES string of the molecule is COC(=O)[C@H]1C(=O)C[C@](C)(O)[C@H](C(=O)OC)[C@H]1c1cccc(Br)c1. The van der Waals surface area contributed by atoms with Crippen LogP contribution in [0.3, 0.4) is 0 Å². The molecule has 0 aliphatic heterocycles. The van der Waals surface area contributed by atoms with Gasteiger partial charge in [-0.15, -0.1) is 0 Å². The molecule has 24 heavy (non-hydrogen) atoms. The Hall–Kier alpha value is -1.73. The van der Waals surface area contributed by atoms with Crippen LogP contribution in [-0.2, 0) is 23.9 Å². The summed E-state index contributed by atoms with van der Waals surface area (Å²) in [5.41, 5.74) is -1.05. The molecular weight excluding hydrogens is 380 g/mol. The van der Waals surface area contributed by atoms with Gasteiger partial charge in [0.05, 0.1) is 25.7 Å². The number of benzene rings is 1. The van der Waals surface area contributed by atoms with Crippen molar-refractivity contribution in [2.75, 3.05) is 14.2 Å². The number of aliphatic hydroxyl groups is 1. The Labute approximate surface area is 148 Å². The molecule has 1 saturated carbocycles. The first kappa shape index (κ1) is 18.6. The minimum Gasteiger partial charge on any atom is -0.469 e. The third kappa shape index (κ3) is 3.37. The van der Waals surface area contributed by atoms with Crippen LogP contribution in [0.15, 0.2) is 28.7 Å². The lowest BCUT2D eigenvalue weighted by atomic mass is 9.62. The van der Waals surface area contributed by atoms with Crippen LogP contribution in [0.1, 0.15) is 24.8 Å². The first-order valence-corrected chi connectivity index (χ1v) is 8.18. The highest BCUT2D eigenvalue weighted by atomic mass is 79.9. The van der Waals surface area contributed by atoms with Crippen molar-refractivity contribution >= 4 is 33.7 Å². The number of carbonyl (C=O) groups is 3. The van der Waals surface area contributed by atoms with E-state index in [1.54, 1.807) is 24.3 Å². The standard InChI is InChI=1S/C17H19BrO6/c1-17(22)8-11(19)13(15(20)23-2)12(14(17)16(21)24-3)9-5-4-6-10(18)7-9/h4-7,12-14,22H,8H2,1-3H3/t12-,13-,14-,17-/m0/s1. The number of carbonyl (C=O) groups excluding carboxylic acids is 3. The highest BCUT2D eigenvalue weighted by molar-refractivity contribution is 9.10. The summed E-state index contributed by atoms with van der Waals surface area (Å²) in [6.07, 6.45) is -0.322. The van der Waals surface area contributed by atoms with Crippen molar-refractivity contribution in [1.82, 2.24) is 0 Å². The smallest absolute Gasteiger partial charge is 0.316 e. The van der Waals surface area contributed by atoms with E-state index in [4.69, 9.17) is 9.47 Å². The molecule has 1 aromatic rings. The lowest BCUT2D eigenvalue weighted by Gasteiger charge is -2.43. The largest absolute Gasteiger partial charge is 0.469 e. The van der Waals surface area contributed by atoms with Crippen molar-refractivity contribution in [3.63, 3.8) is 0 Å². The van der Waals surface area contributed by atoms with Gasteiger partial charge in [-0.2, -0.15) is 0 Å². The van der Waals surface area contributed by atoms with E-state index < -0.39 is 41.1 Å². The van der Waals surface area contributed by atoms with E-state index in [1.807, 2.05) is 0 Å². The fraction of sp³-hybridized carbons (Fsp3) is 0.471. The van der Waals surface area contributed by atoms with Crippen molar-refractivity contribution in [2.24, 2.45) is 11.8 Å². The van der Waals surface area contributed by atoms with Crippen LogP contribution in [0, 0.1) is 11.8 Å². The van der Waals surface area contributed by atoms with Gasteiger partial charge in [0.1, 0.15) is 5.92 Å². The first-order valence-electron chi connectivity index (χ1n) is 7.39. The maximum absolute atomic E-state index is 12.5. The number of halogens is 1. The summed E-state index contributed by atoms with van der Waals surface area (Å²) in [6.45, 7) is 1.41. The van der Waals surface area contributed by atoms with Crippen LogP contribution < -0.4 is 0 Å². The van der Waals surface area contributed by atoms with Gasteiger partial charge in [-0.05, 0) is 24.6 Å². The topological polar surface area (TPSA) is 89.9 Å². The average molecular weight is 399 g/mol.